The average Bonchev–Trinajstić information content (AvgIpc) is 2.68. The first-order chi connectivity index (χ1) is 9.40. The van der Waals surface area contributed by atoms with Crippen LogP contribution >= 0.6 is 0 Å². The summed E-state index contributed by atoms with van der Waals surface area (Å²) in [5, 5.41) is 6.80. The monoisotopic (exact) mass is 271 g/mol. The van der Waals surface area contributed by atoms with E-state index in [-0.39, 0.29) is 11.8 Å². The van der Waals surface area contributed by atoms with Crippen LogP contribution in [0.2, 0.25) is 0 Å². The van der Waals surface area contributed by atoms with Crippen LogP contribution in [0.3, 0.4) is 0 Å². The van der Waals surface area contributed by atoms with Gasteiger partial charge in [-0.3, -0.25) is 9.59 Å². The van der Waals surface area contributed by atoms with Crippen molar-refractivity contribution >= 4 is 17.6 Å². The highest BCUT2D eigenvalue weighted by molar-refractivity contribution is 6.01. The number of nitrogens with one attached hydrogen (secondary N) is 1. The van der Waals surface area contributed by atoms with E-state index in [9.17, 15) is 9.59 Å². The van der Waals surface area contributed by atoms with Crippen molar-refractivity contribution in [2.24, 2.45) is 0 Å². The van der Waals surface area contributed by atoms with Crippen molar-refractivity contribution < 1.29 is 9.59 Å². The van der Waals surface area contributed by atoms with Crippen molar-refractivity contribution in [1.29, 1.82) is 0 Å². The van der Waals surface area contributed by atoms with Gasteiger partial charge in [0.05, 0.1) is 5.69 Å². The maximum Gasteiger partial charge on any atom is 0.280 e. The highest BCUT2D eigenvalue weighted by Crippen LogP contribution is 2.18. The Morgan fingerprint density at radius 3 is 2.30 bits per heavy atom. The molecule has 5 heteroatoms. The molecule has 1 amide bonds. The molecule has 5 nitrogen and oxygen atoms in total. The molecule has 0 spiro atoms. The second-order valence-corrected chi connectivity index (χ2v) is 4.84. The zero-order valence-corrected chi connectivity index (χ0v) is 12.0. The van der Waals surface area contributed by atoms with E-state index >= 15 is 0 Å². The molecular weight excluding hydrogens is 254 g/mol. The number of aromatic nitrogens is 2. The first kappa shape index (κ1) is 14.0. The summed E-state index contributed by atoms with van der Waals surface area (Å²) in [6.07, 6.45) is 0. The van der Waals surface area contributed by atoms with Crippen molar-refractivity contribution in [2.75, 3.05) is 5.32 Å². The van der Waals surface area contributed by atoms with Crippen LogP contribution in [-0.4, -0.2) is 21.6 Å². The Morgan fingerprint density at radius 1 is 1.15 bits per heavy atom. The molecule has 2 rings (SSSR count). The third kappa shape index (κ3) is 2.61. The predicted octanol–water partition coefficient (Wildman–Crippen LogP) is 2.46. The van der Waals surface area contributed by atoms with Crippen molar-refractivity contribution in [3.8, 4) is 0 Å². The molecule has 0 aliphatic rings. The van der Waals surface area contributed by atoms with Crippen LogP contribution in [-0.2, 0) is 4.79 Å². The molecule has 0 aliphatic carbocycles. The molecular formula is C15H17N3O2. The van der Waals surface area contributed by atoms with Crippen LogP contribution in [0.5, 0.6) is 0 Å². The van der Waals surface area contributed by atoms with Crippen molar-refractivity contribution in [2.45, 2.75) is 27.7 Å². The number of rotatable bonds is 2. The molecule has 0 saturated heterocycles. The number of carbonyl (C=O) groups excluding carboxylic acids is 2. The quantitative estimate of drug-likeness (QED) is 0.912. The number of hydrogen-bond acceptors (Lipinski definition) is 3. The van der Waals surface area contributed by atoms with E-state index in [0.29, 0.717) is 17.1 Å². The van der Waals surface area contributed by atoms with E-state index in [1.165, 1.54) is 11.6 Å². The molecule has 20 heavy (non-hydrogen) atoms. The molecule has 1 aromatic heterocycles. The van der Waals surface area contributed by atoms with Crippen molar-refractivity contribution in [3.05, 3.63) is 46.6 Å². The van der Waals surface area contributed by atoms with Gasteiger partial charge >= 0.3 is 0 Å². The van der Waals surface area contributed by atoms with Crippen molar-refractivity contribution in [3.63, 3.8) is 0 Å². The molecule has 104 valence electrons. The summed E-state index contributed by atoms with van der Waals surface area (Å²) in [5.74, 6) is -0.0828. The third-order valence-corrected chi connectivity index (χ3v) is 3.02. The second kappa shape index (κ2) is 5.28. The Hall–Kier alpha value is -2.43. The Bertz CT molecular complexity index is 666. The number of hydrogen-bond donors (Lipinski definition) is 1. The van der Waals surface area contributed by atoms with Gasteiger partial charge < -0.3 is 5.32 Å². The predicted molar refractivity (Wildman–Crippen MR) is 76.9 cm³/mol. The molecule has 1 heterocycles. The van der Waals surface area contributed by atoms with E-state index in [2.05, 4.69) is 10.4 Å². The van der Waals surface area contributed by atoms with Gasteiger partial charge in [0.2, 0.25) is 5.91 Å². The van der Waals surface area contributed by atoms with Crippen LogP contribution in [0.1, 0.15) is 34.1 Å². The maximum absolute atomic E-state index is 12.7. The molecule has 0 aliphatic heterocycles. The fraction of sp³-hybridized carbons (Fsp3) is 0.267. The molecule has 0 atom stereocenters. The fourth-order valence-electron chi connectivity index (χ4n) is 2.18. The lowest BCUT2D eigenvalue weighted by atomic mass is 10.0. The molecule has 1 aromatic carbocycles. The summed E-state index contributed by atoms with van der Waals surface area (Å²) >= 11 is 0. The minimum atomic E-state index is -0.238. The van der Waals surface area contributed by atoms with Gasteiger partial charge in [-0.2, -0.15) is 9.78 Å². The fourth-order valence-corrected chi connectivity index (χ4v) is 2.18. The van der Waals surface area contributed by atoms with Gasteiger partial charge in [-0.1, -0.05) is 18.2 Å². The highest BCUT2D eigenvalue weighted by atomic mass is 16.2. The first-order valence-electron chi connectivity index (χ1n) is 6.35. The normalized spacial score (nSPS) is 10.4. The van der Waals surface area contributed by atoms with Crippen LogP contribution in [0.25, 0.3) is 0 Å². The van der Waals surface area contributed by atoms with Gasteiger partial charge in [0.1, 0.15) is 5.82 Å². The summed E-state index contributed by atoms with van der Waals surface area (Å²) in [5.41, 5.74) is 3.06. The number of aryl methyl sites for hydroxylation is 3. The summed E-state index contributed by atoms with van der Waals surface area (Å²) < 4.78 is 1.24. The van der Waals surface area contributed by atoms with E-state index in [1.54, 1.807) is 13.0 Å². The average molecular weight is 271 g/mol. The van der Waals surface area contributed by atoms with Crippen LogP contribution in [0.4, 0.5) is 5.82 Å². The minimum Gasteiger partial charge on any atom is -0.311 e. The smallest absolute Gasteiger partial charge is 0.280 e. The van der Waals surface area contributed by atoms with E-state index in [4.69, 9.17) is 0 Å². The first-order valence-corrected chi connectivity index (χ1v) is 6.35. The lowest BCUT2D eigenvalue weighted by Crippen LogP contribution is -2.20. The minimum absolute atomic E-state index is 0.236. The lowest BCUT2D eigenvalue weighted by Gasteiger charge is -2.10. The Kier molecular flexibility index (Phi) is 3.70. The van der Waals surface area contributed by atoms with Crippen LogP contribution in [0.15, 0.2) is 24.3 Å². The summed E-state index contributed by atoms with van der Waals surface area (Å²) in [6.45, 7) is 6.94. The number of carbonyl (C=O) groups is 2. The summed E-state index contributed by atoms with van der Waals surface area (Å²) in [4.78, 5) is 23.9. The zero-order chi connectivity index (χ0) is 14.9. The van der Waals surface area contributed by atoms with Gasteiger partial charge in [-0.25, -0.2) is 0 Å². The molecule has 0 saturated carbocycles. The molecule has 1 N–H and O–H groups in total. The van der Waals surface area contributed by atoms with E-state index in [1.807, 2.05) is 32.0 Å². The van der Waals surface area contributed by atoms with E-state index in [0.717, 1.165) is 11.1 Å². The highest BCUT2D eigenvalue weighted by Gasteiger charge is 2.19. The lowest BCUT2D eigenvalue weighted by molar-refractivity contribution is -0.114. The van der Waals surface area contributed by atoms with Gasteiger partial charge in [0.25, 0.3) is 5.91 Å². The van der Waals surface area contributed by atoms with Crippen LogP contribution in [0, 0.1) is 20.8 Å². The Morgan fingerprint density at radius 2 is 1.75 bits per heavy atom. The van der Waals surface area contributed by atoms with Gasteiger partial charge in [-0.05, 0) is 31.9 Å². The molecule has 0 radical (unpaired) electrons. The molecule has 0 unspecified atom stereocenters. The maximum atomic E-state index is 12.7. The Labute approximate surface area is 117 Å². The summed E-state index contributed by atoms with van der Waals surface area (Å²) in [7, 11) is 0. The Balaban J connectivity index is 2.51. The largest absolute Gasteiger partial charge is 0.311 e. The van der Waals surface area contributed by atoms with Gasteiger partial charge in [0, 0.05) is 18.6 Å². The molecule has 0 bridgehead atoms. The SMILES string of the molecule is CC(=O)Nc1cc(C)nn1C(=O)c1c(C)cccc1C. The number of anilines is 1. The zero-order valence-electron chi connectivity index (χ0n) is 12.0. The van der Waals surface area contributed by atoms with Gasteiger partial charge in [-0.15, -0.1) is 0 Å². The second-order valence-electron chi connectivity index (χ2n) is 4.84. The molecule has 0 fully saturated rings. The number of benzene rings is 1. The summed E-state index contributed by atoms with van der Waals surface area (Å²) in [6, 6.07) is 7.35. The molecule has 2 aromatic rings. The number of amides is 1. The number of nitrogens with zero attached hydrogens (tertiary/aromatic N) is 2. The third-order valence-electron chi connectivity index (χ3n) is 3.02. The van der Waals surface area contributed by atoms with Crippen molar-refractivity contribution in [1.82, 2.24) is 9.78 Å². The standard InChI is InChI=1S/C15H17N3O2/c1-9-6-5-7-10(2)14(9)15(20)18-13(16-12(4)19)8-11(3)17-18/h5-8H,1-4H3,(H,16,19). The topological polar surface area (TPSA) is 64.0 Å². The van der Waals surface area contributed by atoms with Gasteiger partial charge in [0.15, 0.2) is 0 Å². The van der Waals surface area contributed by atoms with E-state index < -0.39 is 0 Å². The van der Waals surface area contributed by atoms with Crippen LogP contribution < -0.4 is 5.32 Å².